The molecule has 1 aliphatic rings. The van der Waals surface area contributed by atoms with E-state index in [9.17, 15) is 8.42 Å². The lowest BCUT2D eigenvalue weighted by Gasteiger charge is -2.42. The fourth-order valence-electron chi connectivity index (χ4n) is 3.28. The van der Waals surface area contributed by atoms with Crippen LogP contribution in [-0.2, 0) is 15.8 Å². The fraction of sp³-hybridized carbons (Fsp3) is 0.625. The Morgan fingerprint density at radius 2 is 2.09 bits per heavy atom. The summed E-state index contributed by atoms with van der Waals surface area (Å²) in [6, 6.07) is 7.63. The quantitative estimate of drug-likeness (QED) is 0.861. The number of nitrogens with one attached hydrogen (secondary N) is 1. The molecule has 1 aliphatic carbocycles. The van der Waals surface area contributed by atoms with E-state index in [2.05, 4.69) is 11.6 Å². The fourth-order valence-corrected chi connectivity index (χ4v) is 4.97. The highest BCUT2D eigenvalue weighted by atomic mass is 35.5. The Kier molecular flexibility index (Phi) is 6.86. The van der Waals surface area contributed by atoms with Gasteiger partial charge in [-0.2, -0.15) is 0 Å². The molecule has 0 spiro atoms. The van der Waals surface area contributed by atoms with Crippen molar-refractivity contribution in [1.82, 2.24) is 4.72 Å². The molecular weight excluding hydrogens is 320 g/mol. The SMILES string of the molecule is Cc1cccc(CS(=O)(=O)NC2(CN)CCCCC2C)c1.Cl. The van der Waals surface area contributed by atoms with Crippen molar-refractivity contribution in [2.45, 2.75) is 50.8 Å². The van der Waals surface area contributed by atoms with Crippen LogP contribution in [0.25, 0.3) is 0 Å². The van der Waals surface area contributed by atoms with Crippen molar-refractivity contribution in [2.75, 3.05) is 6.54 Å². The molecule has 0 radical (unpaired) electrons. The molecule has 0 heterocycles. The monoisotopic (exact) mass is 346 g/mol. The largest absolute Gasteiger partial charge is 0.329 e. The molecule has 3 N–H and O–H groups in total. The van der Waals surface area contributed by atoms with Gasteiger partial charge in [0.05, 0.1) is 5.75 Å². The molecule has 1 fully saturated rings. The van der Waals surface area contributed by atoms with Gasteiger partial charge in [-0.05, 0) is 31.2 Å². The Hall–Kier alpha value is -0.620. The number of halogens is 1. The van der Waals surface area contributed by atoms with E-state index in [4.69, 9.17) is 5.73 Å². The van der Waals surface area contributed by atoms with Crippen LogP contribution in [0.15, 0.2) is 24.3 Å². The molecule has 4 nitrogen and oxygen atoms in total. The minimum absolute atomic E-state index is 0. The first kappa shape index (κ1) is 19.4. The Bertz CT molecular complexity index is 592. The molecule has 2 rings (SSSR count). The number of rotatable bonds is 5. The molecule has 0 amide bonds. The molecule has 22 heavy (non-hydrogen) atoms. The van der Waals surface area contributed by atoms with E-state index in [1.807, 2.05) is 31.2 Å². The predicted molar refractivity (Wildman–Crippen MR) is 93.6 cm³/mol. The van der Waals surface area contributed by atoms with E-state index in [-0.39, 0.29) is 24.1 Å². The van der Waals surface area contributed by atoms with Crippen molar-refractivity contribution >= 4 is 22.4 Å². The molecule has 1 saturated carbocycles. The van der Waals surface area contributed by atoms with Crippen molar-refractivity contribution in [2.24, 2.45) is 11.7 Å². The van der Waals surface area contributed by atoms with Gasteiger partial charge in [-0.25, -0.2) is 13.1 Å². The normalized spacial score (nSPS) is 25.5. The van der Waals surface area contributed by atoms with Crippen LogP contribution in [0.4, 0.5) is 0 Å². The summed E-state index contributed by atoms with van der Waals surface area (Å²) in [5.41, 5.74) is 7.34. The van der Waals surface area contributed by atoms with Gasteiger partial charge in [0.25, 0.3) is 0 Å². The zero-order valence-electron chi connectivity index (χ0n) is 13.3. The summed E-state index contributed by atoms with van der Waals surface area (Å²) in [5.74, 6) is 0.298. The average molecular weight is 347 g/mol. The van der Waals surface area contributed by atoms with Gasteiger partial charge in [0, 0.05) is 12.1 Å². The molecule has 1 aromatic rings. The second kappa shape index (κ2) is 7.77. The molecule has 6 heteroatoms. The minimum Gasteiger partial charge on any atom is -0.329 e. The van der Waals surface area contributed by atoms with Gasteiger partial charge in [-0.3, -0.25) is 0 Å². The molecule has 2 unspecified atom stereocenters. The van der Waals surface area contributed by atoms with Gasteiger partial charge >= 0.3 is 0 Å². The standard InChI is InChI=1S/C16H26N2O2S.ClH/c1-13-6-5-8-15(10-13)11-21(19,20)18-16(12-17)9-4-3-7-14(16)2;/h5-6,8,10,14,18H,3-4,7,9,11-12,17H2,1-2H3;1H. The zero-order valence-corrected chi connectivity index (χ0v) is 15.0. The third kappa shape index (κ3) is 4.69. The van der Waals surface area contributed by atoms with Gasteiger partial charge in [0.2, 0.25) is 10.0 Å². The smallest absolute Gasteiger partial charge is 0.216 e. The van der Waals surface area contributed by atoms with Gasteiger partial charge < -0.3 is 5.73 Å². The number of hydrogen-bond acceptors (Lipinski definition) is 3. The Balaban J connectivity index is 0.00000242. The lowest BCUT2D eigenvalue weighted by molar-refractivity contribution is 0.191. The molecule has 0 saturated heterocycles. The molecular formula is C16H27ClN2O2S. The van der Waals surface area contributed by atoms with Crippen LogP contribution in [0, 0.1) is 12.8 Å². The lowest BCUT2D eigenvalue weighted by atomic mass is 9.74. The van der Waals surface area contributed by atoms with E-state index in [1.54, 1.807) is 0 Å². The highest BCUT2D eigenvalue weighted by Gasteiger charge is 2.40. The van der Waals surface area contributed by atoms with Crippen LogP contribution in [0.2, 0.25) is 0 Å². The molecule has 0 aromatic heterocycles. The summed E-state index contributed by atoms with van der Waals surface area (Å²) in [7, 11) is -3.38. The molecule has 2 atom stereocenters. The summed E-state index contributed by atoms with van der Waals surface area (Å²) < 4.78 is 28.0. The lowest BCUT2D eigenvalue weighted by Crippen LogP contribution is -2.59. The average Bonchev–Trinajstić information content (AvgIpc) is 2.40. The summed E-state index contributed by atoms with van der Waals surface area (Å²) in [5, 5.41) is 0. The Morgan fingerprint density at radius 1 is 1.36 bits per heavy atom. The van der Waals surface area contributed by atoms with Gasteiger partial charge in [-0.1, -0.05) is 49.6 Å². The number of aryl methyl sites for hydroxylation is 1. The molecule has 1 aromatic carbocycles. The zero-order chi connectivity index (χ0) is 15.5. The first-order valence-corrected chi connectivity index (χ1v) is 9.29. The van der Waals surface area contributed by atoms with E-state index >= 15 is 0 Å². The van der Waals surface area contributed by atoms with E-state index in [0.29, 0.717) is 6.54 Å². The van der Waals surface area contributed by atoms with Crippen molar-refractivity contribution in [1.29, 1.82) is 0 Å². The molecule has 126 valence electrons. The van der Waals surface area contributed by atoms with Crippen LogP contribution in [0.1, 0.15) is 43.7 Å². The summed E-state index contributed by atoms with van der Waals surface area (Å²) in [6.45, 7) is 4.43. The van der Waals surface area contributed by atoms with Crippen molar-refractivity contribution < 1.29 is 8.42 Å². The molecule has 0 aliphatic heterocycles. The third-order valence-electron chi connectivity index (χ3n) is 4.62. The van der Waals surface area contributed by atoms with Gasteiger partial charge in [0.1, 0.15) is 0 Å². The van der Waals surface area contributed by atoms with Crippen molar-refractivity contribution in [3.63, 3.8) is 0 Å². The van der Waals surface area contributed by atoms with Crippen molar-refractivity contribution in [3.8, 4) is 0 Å². The highest BCUT2D eigenvalue weighted by Crippen LogP contribution is 2.33. The van der Waals surface area contributed by atoms with E-state index < -0.39 is 15.6 Å². The maximum absolute atomic E-state index is 12.5. The van der Waals surface area contributed by atoms with Crippen molar-refractivity contribution in [3.05, 3.63) is 35.4 Å². The maximum Gasteiger partial charge on any atom is 0.216 e. The second-order valence-electron chi connectivity index (χ2n) is 6.36. The predicted octanol–water partition coefficient (Wildman–Crippen LogP) is 2.74. The van der Waals surface area contributed by atoms with E-state index in [1.165, 1.54) is 0 Å². The van der Waals surface area contributed by atoms with Crippen LogP contribution in [-0.4, -0.2) is 20.5 Å². The van der Waals surface area contributed by atoms with Crippen LogP contribution >= 0.6 is 12.4 Å². The van der Waals surface area contributed by atoms with Crippen LogP contribution < -0.4 is 10.5 Å². The Labute approximate surface area is 140 Å². The summed E-state index contributed by atoms with van der Waals surface area (Å²) in [4.78, 5) is 0. The maximum atomic E-state index is 12.5. The number of sulfonamides is 1. The number of benzene rings is 1. The van der Waals surface area contributed by atoms with Gasteiger partial charge in [0.15, 0.2) is 0 Å². The first-order valence-electron chi connectivity index (χ1n) is 7.64. The second-order valence-corrected chi connectivity index (χ2v) is 8.08. The van der Waals surface area contributed by atoms with E-state index in [0.717, 1.165) is 36.8 Å². The number of nitrogens with two attached hydrogens (primary N) is 1. The summed E-state index contributed by atoms with van der Waals surface area (Å²) >= 11 is 0. The number of hydrogen-bond donors (Lipinski definition) is 2. The topological polar surface area (TPSA) is 72.2 Å². The van der Waals surface area contributed by atoms with Gasteiger partial charge in [-0.15, -0.1) is 12.4 Å². The van der Waals surface area contributed by atoms with Crippen LogP contribution in [0.5, 0.6) is 0 Å². The Morgan fingerprint density at radius 3 is 2.68 bits per heavy atom. The first-order chi connectivity index (χ1) is 9.87. The molecule has 0 bridgehead atoms. The van der Waals surface area contributed by atoms with Crippen LogP contribution in [0.3, 0.4) is 0 Å². The minimum atomic E-state index is -3.38. The summed E-state index contributed by atoms with van der Waals surface area (Å²) in [6.07, 6.45) is 4.05. The highest BCUT2D eigenvalue weighted by molar-refractivity contribution is 7.88. The third-order valence-corrected chi connectivity index (χ3v) is 6.05.